The molecule has 0 fully saturated rings. The highest BCUT2D eigenvalue weighted by atomic mass is 31.2. The van der Waals surface area contributed by atoms with Crippen LogP contribution in [0.4, 0.5) is 0 Å². The fourth-order valence-electron chi connectivity index (χ4n) is 2.10. The van der Waals surface area contributed by atoms with Gasteiger partial charge in [0, 0.05) is 6.04 Å². The first-order valence-corrected chi connectivity index (χ1v) is 8.08. The molecular formula is C15H18NO3P. The van der Waals surface area contributed by atoms with Crippen molar-refractivity contribution in [1.82, 2.24) is 5.32 Å². The Balaban J connectivity index is 2.24. The maximum absolute atomic E-state index is 11.7. The molecule has 0 aliphatic heterocycles. The van der Waals surface area contributed by atoms with E-state index in [4.69, 9.17) is 0 Å². The first kappa shape index (κ1) is 14.9. The zero-order valence-corrected chi connectivity index (χ0v) is 12.1. The molecule has 0 spiro atoms. The Bertz CT molecular complexity index is 583. The Kier molecular flexibility index (Phi) is 4.73. The summed E-state index contributed by atoms with van der Waals surface area (Å²) in [6.45, 7) is 1.89. The largest absolute Gasteiger partial charge is 0.346 e. The first-order chi connectivity index (χ1) is 9.48. The fourth-order valence-corrected chi connectivity index (χ4v) is 3.08. The lowest BCUT2D eigenvalue weighted by molar-refractivity contribution is 0.341. The molecule has 2 atom stereocenters. The van der Waals surface area contributed by atoms with Crippen LogP contribution in [0.5, 0.6) is 0 Å². The lowest BCUT2D eigenvalue weighted by Gasteiger charge is -2.24. The summed E-state index contributed by atoms with van der Waals surface area (Å²) in [5, 5.41) is 3.03. The molecule has 0 aliphatic carbocycles. The fraction of sp³-hybridized carbons (Fsp3) is 0.200. The van der Waals surface area contributed by atoms with Crippen LogP contribution in [0.2, 0.25) is 0 Å². The summed E-state index contributed by atoms with van der Waals surface area (Å²) in [4.78, 5) is 19.2. The Labute approximate surface area is 118 Å². The number of hydrogen-bond donors (Lipinski definition) is 3. The molecule has 0 aromatic heterocycles. The van der Waals surface area contributed by atoms with Gasteiger partial charge in [-0.1, -0.05) is 60.7 Å². The van der Waals surface area contributed by atoms with Gasteiger partial charge in [0.05, 0.1) is 0 Å². The van der Waals surface area contributed by atoms with Crippen molar-refractivity contribution in [3.8, 4) is 0 Å². The van der Waals surface area contributed by atoms with E-state index < -0.39 is 13.4 Å². The van der Waals surface area contributed by atoms with Crippen molar-refractivity contribution in [2.24, 2.45) is 0 Å². The standard InChI is InChI=1S/C15H18NO3P/c1-12(13-8-4-2-5-9-13)16-15(20(17,18)19)14-10-6-3-7-11-14/h2-12,15-16H,1H3,(H2,17,18,19)/t12-,15+/m0/s1. The Morgan fingerprint density at radius 2 is 1.35 bits per heavy atom. The van der Waals surface area contributed by atoms with Crippen LogP contribution >= 0.6 is 7.60 Å². The lowest BCUT2D eigenvalue weighted by Crippen LogP contribution is -2.24. The minimum Gasteiger partial charge on any atom is -0.323 e. The number of rotatable bonds is 5. The number of benzene rings is 2. The molecule has 5 heteroatoms. The van der Waals surface area contributed by atoms with Crippen LogP contribution in [0.15, 0.2) is 60.7 Å². The van der Waals surface area contributed by atoms with Gasteiger partial charge in [0.1, 0.15) is 5.78 Å². The van der Waals surface area contributed by atoms with Crippen LogP contribution in [0.1, 0.15) is 29.9 Å². The van der Waals surface area contributed by atoms with Crippen LogP contribution in [-0.4, -0.2) is 9.79 Å². The van der Waals surface area contributed by atoms with Gasteiger partial charge in [-0.3, -0.25) is 9.88 Å². The summed E-state index contributed by atoms with van der Waals surface area (Å²) in [5.41, 5.74) is 1.57. The monoisotopic (exact) mass is 291 g/mol. The van der Waals surface area contributed by atoms with Gasteiger partial charge in [-0.05, 0) is 18.1 Å². The highest BCUT2D eigenvalue weighted by Crippen LogP contribution is 2.50. The normalized spacial score (nSPS) is 14.8. The van der Waals surface area contributed by atoms with Crippen LogP contribution in [0.25, 0.3) is 0 Å². The molecule has 0 aliphatic rings. The van der Waals surface area contributed by atoms with Gasteiger partial charge in [0.15, 0.2) is 0 Å². The first-order valence-electron chi connectivity index (χ1n) is 6.39. The second-order valence-corrected chi connectivity index (χ2v) is 6.40. The Morgan fingerprint density at radius 1 is 0.900 bits per heavy atom. The molecule has 106 valence electrons. The lowest BCUT2D eigenvalue weighted by atomic mass is 10.1. The van der Waals surface area contributed by atoms with Gasteiger partial charge in [-0.25, -0.2) is 0 Å². The maximum atomic E-state index is 11.7. The van der Waals surface area contributed by atoms with Crippen LogP contribution in [0.3, 0.4) is 0 Å². The van der Waals surface area contributed by atoms with Crippen molar-refractivity contribution in [3.63, 3.8) is 0 Å². The van der Waals surface area contributed by atoms with Gasteiger partial charge in [0.2, 0.25) is 0 Å². The van der Waals surface area contributed by atoms with Gasteiger partial charge < -0.3 is 9.79 Å². The maximum Gasteiger partial charge on any atom is 0.346 e. The van der Waals surface area contributed by atoms with E-state index in [0.717, 1.165) is 5.56 Å². The Morgan fingerprint density at radius 3 is 1.80 bits per heavy atom. The molecule has 0 amide bonds. The van der Waals surface area contributed by atoms with E-state index in [1.54, 1.807) is 24.3 Å². The Hall–Kier alpha value is -1.45. The number of hydrogen-bond acceptors (Lipinski definition) is 2. The van der Waals surface area contributed by atoms with Crippen molar-refractivity contribution in [1.29, 1.82) is 0 Å². The van der Waals surface area contributed by atoms with E-state index in [1.807, 2.05) is 43.3 Å². The minimum atomic E-state index is -4.28. The highest BCUT2D eigenvalue weighted by Gasteiger charge is 2.31. The molecule has 0 unspecified atom stereocenters. The molecule has 20 heavy (non-hydrogen) atoms. The van der Waals surface area contributed by atoms with Crippen molar-refractivity contribution >= 4 is 7.60 Å². The molecule has 0 radical (unpaired) electrons. The average molecular weight is 291 g/mol. The summed E-state index contributed by atoms with van der Waals surface area (Å²) in [6.07, 6.45) is 0. The summed E-state index contributed by atoms with van der Waals surface area (Å²) in [5.74, 6) is -1.00. The zero-order chi connectivity index (χ0) is 14.6. The highest BCUT2D eigenvalue weighted by molar-refractivity contribution is 7.52. The van der Waals surface area contributed by atoms with E-state index in [9.17, 15) is 14.4 Å². The molecule has 0 saturated carbocycles. The molecule has 0 bridgehead atoms. The predicted octanol–water partition coefficient (Wildman–Crippen LogP) is 3.21. The van der Waals surface area contributed by atoms with Gasteiger partial charge in [0.25, 0.3) is 0 Å². The van der Waals surface area contributed by atoms with Gasteiger partial charge >= 0.3 is 7.60 Å². The molecular weight excluding hydrogens is 273 g/mol. The van der Waals surface area contributed by atoms with Gasteiger partial charge in [-0.2, -0.15) is 0 Å². The molecule has 0 saturated heterocycles. The molecule has 2 rings (SSSR count). The number of nitrogens with one attached hydrogen (secondary N) is 1. The molecule has 4 nitrogen and oxygen atoms in total. The van der Waals surface area contributed by atoms with E-state index in [2.05, 4.69) is 5.32 Å². The third-order valence-electron chi connectivity index (χ3n) is 3.16. The third-order valence-corrected chi connectivity index (χ3v) is 4.28. The van der Waals surface area contributed by atoms with Gasteiger partial charge in [-0.15, -0.1) is 0 Å². The summed E-state index contributed by atoms with van der Waals surface area (Å²) in [6, 6.07) is 18.2. The smallest absolute Gasteiger partial charge is 0.323 e. The zero-order valence-electron chi connectivity index (χ0n) is 11.2. The summed E-state index contributed by atoms with van der Waals surface area (Å²) >= 11 is 0. The topological polar surface area (TPSA) is 69.6 Å². The van der Waals surface area contributed by atoms with Crippen LogP contribution in [-0.2, 0) is 4.57 Å². The van der Waals surface area contributed by atoms with E-state index in [0.29, 0.717) is 5.56 Å². The molecule has 2 aromatic carbocycles. The molecule has 0 heterocycles. The molecule has 3 N–H and O–H groups in total. The second-order valence-electron chi connectivity index (χ2n) is 4.70. The van der Waals surface area contributed by atoms with Crippen molar-refractivity contribution < 1.29 is 14.4 Å². The summed E-state index contributed by atoms with van der Waals surface area (Å²) < 4.78 is 11.7. The predicted molar refractivity (Wildman–Crippen MR) is 79.2 cm³/mol. The quantitative estimate of drug-likeness (QED) is 0.740. The van der Waals surface area contributed by atoms with Crippen LogP contribution in [0, 0.1) is 0 Å². The minimum absolute atomic E-state index is 0.158. The third kappa shape index (κ3) is 3.78. The van der Waals surface area contributed by atoms with E-state index in [1.165, 1.54) is 0 Å². The van der Waals surface area contributed by atoms with Crippen molar-refractivity contribution in [3.05, 3.63) is 71.8 Å². The summed E-state index contributed by atoms with van der Waals surface area (Å²) in [7, 11) is -4.28. The van der Waals surface area contributed by atoms with Crippen molar-refractivity contribution in [2.45, 2.75) is 18.7 Å². The van der Waals surface area contributed by atoms with E-state index >= 15 is 0 Å². The van der Waals surface area contributed by atoms with E-state index in [-0.39, 0.29) is 6.04 Å². The molecule has 2 aromatic rings. The van der Waals surface area contributed by atoms with Crippen LogP contribution < -0.4 is 5.32 Å². The van der Waals surface area contributed by atoms with Crippen molar-refractivity contribution in [2.75, 3.05) is 0 Å². The second kappa shape index (κ2) is 6.33. The SMILES string of the molecule is C[C@H](N[C@@H](c1ccccc1)P(=O)(O)O)c1ccccc1. The average Bonchev–Trinajstić information content (AvgIpc) is 2.45.